The van der Waals surface area contributed by atoms with Crippen molar-refractivity contribution in [3.8, 4) is 0 Å². The maximum atomic E-state index is 10.6. The topological polar surface area (TPSA) is 89.5 Å². The predicted octanol–water partition coefficient (Wildman–Crippen LogP) is 2.90. The zero-order valence-electron chi connectivity index (χ0n) is 14.8. The van der Waals surface area contributed by atoms with Crippen molar-refractivity contribution in [1.82, 2.24) is 15.1 Å². The van der Waals surface area contributed by atoms with Gasteiger partial charge in [0.15, 0.2) is 0 Å². The summed E-state index contributed by atoms with van der Waals surface area (Å²) in [6, 6.07) is 2.23. The third kappa shape index (κ3) is 6.95. The number of carbonyl (C=O) groups is 1. The van der Waals surface area contributed by atoms with E-state index in [1.165, 1.54) is 37.1 Å². The van der Waals surface area contributed by atoms with Gasteiger partial charge in [0, 0.05) is 24.7 Å². The highest BCUT2D eigenvalue weighted by molar-refractivity contribution is 5.73. The Morgan fingerprint density at radius 1 is 1.27 bits per heavy atom. The first-order valence-electron chi connectivity index (χ1n) is 8.86. The van der Waals surface area contributed by atoms with E-state index in [0.717, 1.165) is 37.8 Å². The number of hydrogen-bond acceptors (Lipinski definition) is 4. The lowest BCUT2D eigenvalue weighted by molar-refractivity contribution is -0.192. The molecule has 0 unspecified atom stereocenters. The third-order valence-corrected chi connectivity index (χ3v) is 4.72. The Kier molecular flexibility index (Phi) is 7.05. The summed E-state index contributed by atoms with van der Waals surface area (Å²) in [4.78, 5) is 11.3. The number of aromatic nitrogens is 2. The molecular formula is C17H26F3N3O3. The molecule has 26 heavy (non-hydrogen) atoms. The van der Waals surface area contributed by atoms with E-state index in [9.17, 15) is 18.3 Å². The van der Waals surface area contributed by atoms with Crippen LogP contribution in [-0.4, -0.2) is 57.2 Å². The van der Waals surface area contributed by atoms with Crippen LogP contribution in [0.2, 0.25) is 0 Å². The van der Waals surface area contributed by atoms with Gasteiger partial charge < -0.3 is 15.1 Å². The van der Waals surface area contributed by atoms with E-state index in [2.05, 4.69) is 28.2 Å². The van der Waals surface area contributed by atoms with Gasteiger partial charge in [0.05, 0.1) is 11.8 Å². The maximum absolute atomic E-state index is 10.6. The van der Waals surface area contributed by atoms with Crippen molar-refractivity contribution in [1.29, 1.82) is 0 Å². The van der Waals surface area contributed by atoms with Gasteiger partial charge in [-0.15, -0.1) is 0 Å². The molecule has 2 aliphatic rings. The lowest BCUT2D eigenvalue weighted by Crippen LogP contribution is -2.29. The predicted molar refractivity (Wildman–Crippen MR) is 88.6 cm³/mol. The Balaban J connectivity index is 0.000000298. The number of alkyl halides is 3. The molecule has 0 spiro atoms. The van der Waals surface area contributed by atoms with Gasteiger partial charge in [0.25, 0.3) is 0 Å². The molecule has 3 N–H and O–H groups in total. The van der Waals surface area contributed by atoms with Crippen LogP contribution in [0.5, 0.6) is 0 Å². The number of halogens is 3. The van der Waals surface area contributed by atoms with Crippen LogP contribution in [0.15, 0.2) is 6.07 Å². The summed E-state index contributed by atoms with van der Waals surface area (Å²) in [6.45, 7) is 2.09. The maximum Gasteiger partial charge on any atom is 0.490 e. The minimum atomic E-state index is -5.08. The molecule has 0 bridgehead atoms. The van der Waals surface area contributed by atoms with Gasteiger partial charge in [-0.25, -0.2) is 4.79 Å². The largest absolute Gasteiger partial charge is 0.490 e. The first-order chi connectivity index (χ1) is 12.1. The second kappa shape index (κ2) is 8.85. The molecule has 2 fully saturated rings. The summed E-state index contributed by atoms with van der Waals surface area (Å²) in [5.41, 5.74) is 2.49. The number of H-pyrrole nitrogens is 1. The van der Waals surface area contributed by atoms with Gasteiger partial charge in [-0.2, -0.15) is 18.3 Å². The van der Waals surface area contributed by atoms with Crippen molar-refractivity contribution in [3.05, 3.63) is 17.5 Å². The highest BCUT2D eigenvalue weighted by Crippen LogP contribution is 2.39. The molecule has 3 rings (SSSR count). The van der Waals surface area contributed by atoms with E-state index in [1.807, 2.05) is 0 Å². The lowest BCUT2D eigenvalue weighted by Gasteiger charge is -2.28. The minimum Gasteiger partial charge on any atom is -0.475 e. The van der Waals surface area contributed by atoms with Crippen molar-refractivity contribution in [2.45, 2.75) is 63.3 Å². The molecule has 9 heteroatoms. The first kappa shape index (κ1) is 20.7. The van der Waals surface area contributed by atoms with Crippen molar-refractivity contribution in [3.63, 3.8) is 0 Å². The zero-order valence-corrected chi connectivity index (χ0v) is 14.8. The number of nitrogens with zero attached hydrogens (tertiary/aromatic N) is 2. The number of aliphatic hydroxyl groups excluding tert-OH is 1. The van der Waals surface area contributed by atoms with Crippen LogP contribution in [0.4, 0.5) is 13.2 Å². The van der Waals surface area contributed by atoms with Gasteiger partial charge in [-0.05, 0) is 57.6 Å². The fourth-order valence-corrected chi connectivity index (χ4v) is 3.17. The Bertz CT molecular complexity index is 579. The van der Waals surface area contributed by atoms with Crippen molar-refractivity contribution in [2.75, 3.05) is 13.6 Å². The summed E-state index contributed by atoms with van der Waals surface area (Å²) in [7, 11) is 2.18. The Labute approximate surface area is 150 Å². The molecule has 1 aromatic heterocycles. The van der Waals surface area contributed by atoms with Crippen LogP contribution < -0.4 is 0 Å². The van der Waals surface area contributed by atoms with E-state index < -0.39 is 12.1 Å². The second-order valence-corrected chi connectivity index (χ2v) is 7.27. The fourth-order valence-electron chi connectivity index (χ4n) is 3.17. The van der Waals surface area contributed by atoms with E-state index in [4.69, 9.17) is 9.90 Å². The van der Waals surface area contributed by atoms with Crippen LogP contribution in [-0.2, 0) is 11.3 Å². The summed E-state index contributed by atoms with van der Waals surface area (Å²) in [5.74, 6) is -1.28. The minimum absolute atomic E-state index is 0.0461. The SMILES string of the molecule is CN(Cc1cc(C2CC2)n[nH]1)CC1CCC(O)CC1.O=C(O)C(F)(F)F. The number of aliphatic carboxylic acids is 1. The molecule has 0 aromatic carbocycles. The summed E-state index contributed by atoms with van der Waals surface area (Å²) in [5, 5.41) is 24.2. The molecule has 0 atom stereocenters. The van der Waals surface area contributed by atoms with Gasteiger partial charge in [-0.3, -0.25) is 5.10 Å². The van der Waals surface area contributed by atoms with E-state index in [1.54, 1.807) is 0 Å². The molecule has 6 nitrogen and oxygen atoms in total. The van der Waals surface area contributed by atoms with Crippen molar-refractivity contribution in [2.24, 2.45) is 5.92 Å². The van der Waals surface area contributed by atoms with Crippen LogP contribution >= 0.6 is 0 Å². The highest BCUT2D eigenvalue weighted by Gasteiger charge is 2.38. The van der Waals surface area contributed by atoms with Crippen molar-refractivity contribution < 1.29 is 28.2 Å². The van der Waals surface area contributed by atoms with Gasteiger partial charge in [-0.1, -0.05) is 0 Å². The molecular weight excluding hydrogens is 351 g/mol. The van der Waals surface area contributed by atoms with E-state index in [0.29, 0.717) is 0 Å². The normalized spacial score (nSPS) is 23.5. The average Bonchev–Trinajstić information content (AvgIpc) is 3.30. The van der Waals surface area contributed by atoms with Crippen LogP contribution in [0.25, 0.3) is 0 Å². The van der Waals surface area contributed by atoms with Crippen LogP contribution in [0, 0.1) is 5.92 Å². The number of aromatic amines is 1. The van der Waals surface area contributed by atoms with E-state index >= 15 is 0 Å². The molecule has 1 heterocycles. The molecule has 0 radical (unpaired) electrons. The Hall–Kier alpha value is -1.61. The highest BCUT2D eigenvalue weighted by atomic mass is 19.4. The molecule has 2 saturated carbocycles. The zero-order chi connectivity index (χ0) is 19.3. The monoisotopic (exact) mass is 377 g/mol. The molecule has 2 aliphatic carbocycles. The smallest absolute Gasteiger partial charge is 0.475 e. The van der Waals surface area contributed by atoms with Crippen LogP contribution in [0.1, 0.15) is 55.8 Å². The molecule has 1 aromatic rings. The number of rotatable bonds is 5. The average molecular weight is 377 g/mol. The van der Waals surface area contributed by atoms with Crippen LogP contribution in [0.3, 0.4) is 0 Å². The molecule has 148 valence electrons. The number of carboxylic acids is 1. The molecule has 0 aliphatic heterocycles. The fraction of sp³-hybridized carbons (Fsp3) is 0.765. The summed E-state index contributed by atoms with van der Waals surface area (Å²) >= 11 is 0. The standard InChI is InChI=1S/C15H25N3O.C2HF3O2/c1-18(9-11-2-6-14(19)7-3-11)10-13-8-15(17-16-13)12-4-5-12;3-2(4,5)1(6)7/h8,11-12,14,19H,2-7,9-10H2,1H3,(H,16,17);(H,6,7). The molecule has 0 saturated heterocycles. The number of nitrogens with one attached hydrogen (secondary N) is 1. The Morgan fingerprint density at radius 2 is 1.85 bits per heavy atom. The number of aliphatic hydroxyl groups is 1. The quantitative estimate of drug-likeness (QED) is 0.734. The summed E-state index contributed by atoms with van der Waals surface area (Å²) < 4.78 is 31.7. The molecule has 0 amide bonds. The second-order valence-electron chi connectivity index (χ2n) is 7.27. The van der Waals surface area contributed by atoms with E-state index in [-0.39, 0.29) is 6.10 Å². The van der Waals surface area contributed by atoms with Crippen molar-refractivity contribution >= 4 is 5.97 Å². The Morgan fingerprint density at radius 3 is 2.35 bits per heavy atom. The number of carboxylic acid groups (broad SMARTS) is 1. The van der Waals surface area contributed by atoms with Gasteiger partial charge >= 0.3 is 12.1 Å². The lowest BCUT2D eigenvalue weighted by atomic mass is 9.87. The van der Waals surface area contributed by atoms with Gasteiger partial charge in [0.1, 0.15) is 0 Å². The number of hydrogen-bond donors (Lipinski definition) is 3. The summed E-state index contributed by atoms with van der Waals surface area (Å²) in [6.07, 6.45) is 1.79. The first-order valence-corrected chi connectivity index (χ1v) is 8.86. The van der Waals surface area contributed by atoms with Gasteiger partial charge in [0.2, 0.25) is 0 Å². The third-order valence-electron chi connectivity index (χ3n) is 4.72.